The van der Waals surface area contributed by atoms with Gasteiger partial charge in [-0.25, -0.2) is 0 Å². The molecule has 0 amide bonds. The van der Waals surface area contributed by atoms with E-state index in [-0.39, 0.29) is 0 Å². The summed E-state index contributed by atoms with van der Waals surface area (Å²) in [7, 11) is 0. The van der Waals surface area contributed by atoms with Crippen molar-refractivity contribution in [2.45, 2.75) is 0 Å². The Kier molecular flexibility index (Phi) is 5.13. The van der Waals surface area contributed by atoms with Crippen molar-refractivity contribution in [3.8, 4) is 27.9 Å². The number of nitrogens with zero attached hydrogens (tertiary/aromatic N) is 1. The second-order valence-electron chi connectivity index (χ2n) is 10.9. The van der Waals surface area contributed by atoms with Crippen molar-refractivity contribution in [2.75, 3.05) is 0 Å². The topological polar surface area (TPSA) is 4.93 Å². The van der Waals surface area contributed by atoms with Crippen LogP contribution in [0.1, 0.15) is 0 Å². The lowest BCUT2D eigenvalue weighted by atomic mass is 9.94. The Morgan fingerprint density at radius 3 is 1.93 bits per heavy atom. The van der Waals surface area contributed by atoms with Crippen LogP contribution >= 0.6 is 11.3 Å². The van der Waals surface area contributed by atoms with Gasteiger partial charge >= 0.3 is 0 Å². The average Bonchev–Trinajstić information content (AvgIpc) is 3.61. The van der Waals surface area contributed by atoms with E-state index in [4.69, 9.17) is 0 Å². The van der Waals surface area contributed by atoms with E-state index in [9.17, 15) is 0 Å². The molecule has 0 spiro atoms. The van der Waals surface area contributed by atoms with Crippen LogP contribution < -0.4 is 0 Å². The van der Waals surface area contributed by atoms with Gasteiger partial charge in [-0.1, -0.05) is 127 Å². The van der Waals surface area contributed by atoms with Gasteiger partial charge in [0.25, 0.3) is 0 Å². The summed E-state index contributed by atoms with van der Waals surface area (Å²) in [5, 5.41) is 7.75. The molecule has 0 aliphatic rings. The van der Waals surface area contributed by atoms with Crippen molar-refractivity contribution in [3.05, 3.63) is 152 Å². The summed E-state index contributed by atoms with van der Waals surface area (Å²) in [5.74, 6) is 0. The molecule has 1 nitrogen and oxygen atoms in total. The summed E-state index contributed by atoms with van der Waals surface area (Å²) >= 11 is 1.93. The van der Waals surface area contributed by atoms with Crippen molar-refractivity contribution in [2.24, 2.45) is 0 Å². The summed E-state index contributed by atoms with van der Waals surface area (Å²) in [6.07, 6.45) is 0. The van der Waals surface area contributed by atoms with Crippen LogP contribution in [0.3, 0.4) is 0 Å². The summed E-state index contributed by atoms with van der Waals surface area (Å²) < 4.78 is 5.14. The first-order valence-corrected chi connectivity index (χ1v) is 15.2. The molecule has 9 rings (SSSR count). The highest BCUT2D eigenvalue weighted by Crippen LogP contribution is 2.50. The van der Waals surface area contributed by atoms with Gasteiger partial charge in [0.15, 0.2) is 0 Å². The number of aromatic nitrogens is 1. The van der Waals surface area contributed by atoms with Crippen LogP contribution in [0.2, 0.25) is 0 Å². The summed E-state index contributed by atoms with van der Waals surface area (Å²) in [4.78, 5) is 0. The van der Waals surface area contributed by atoms with Crippen LogP contribution in [0.15, 0.2) is 152 Å². The molecule has 0 N–H and O–H groups in total. The third-order valence-electron chi connectivity index (χ3n) is 8.58. The van der Waals surface area contributed by atoms with Gasteiger partial charge in [0, 0.05) is 42.2 Å². The van der Waals surface area contributed by atoms with Crippen LogP contribution in [-0.2, 0) is 0 Å². The Balaban J connectivity index is 1.54. The van der Waals surface area contributed by atoms with E-state index >= 15 is 0 Å². The van der Waals surface area contributed by atoms with Gasteiger partial charge in [0.1, 0.15) is 0 Å². The van der Waals surface area contributed by atoms with E-state index in [1.165, 1.54) is 80.7 Å². The maximum Gasteiger partial charge on any atom is 0.0634 e. The fourth-order valence-corrected chi connectivity index (χ4v) is 8.13. The van der Waals surface area contributed by atoms with Gasteiger partial charge in [0.2, 0.25) is 0 Å². The normalized spacial score (nSPS) is 11.8. The molecule has 42 heavy (non-hydrogen) atoms. The molecule has 0 bridgehead atoms. The second-order valence-corrected chi connectivity index (χ2v) is 11.9. The smallest absolute Gasteiger partial charge is 0.0634 e. The van der Waals surface area contributed by atoms with Crippen LogP contribution in [0.5, 0.6) is 0 Å². The lowest BCUT2D eigenvalue weighted by molar-refractivity contribution is 1.19. The quantitative estimate of drug-likeness (QED) is 0.206. The number of rotatable bonds is 3. The molecule has 0 fully saturated rings. The van der Waals surface area contributed by atoms with Crippen molar-refractivity contribution >= 4 is 64.1 Å². The zero-order chi connectivity index (χ0) is 27.6. The number of para-hydroxylation sites is 2. The lowest BCUT2D eigenvalue weighted by Gasteiger charge is -2.12. The monoisotopic (exact) mass is 551 g/mol. The minimum Gasteiger partial charge on any atom is -0.309 e. The molecular weight excluding hydrogens is 527 g/mol. The van der Waals surface area contributed by atoms with Gasteiger partial charge in [0.05, 0.1) is 11.0 Å². The number of thiophene rings is 1. The summed E-state index contributed by atoms with van der Waals surface area (Å²) in [5.41, 5.74) is 8.80. The number of benzene rings is 7. The Hall–Kier alpha value is -5.18. The van der Waals surface area contributed by atoms with E-state index < -0.39 is 0 Å². The fraction of sp³-hybridized carbons (Fsp3) is 0. The number of hydrogen-bond donors (Lipinski definition) is 0. The SMILES string of the molecule is c1ccc(-c2cccc3c2sc2c(-c4cccc5ccccc45)cc4c5ccccc5n(-c5ccccc5)c4c23)cc1. The van der Waals surface area contributed by atoms with Crippen LogP contribution in [-0.4, -0.2) is 4.57 Å². The van der Waals surface area contributed by atoms with Crippen LogP contribution in [0.4, 0.5) is 0 Å². The first-order valence-electron chi connectivity index (χ1n) is 14.4. The van der Waals surface area contributed by atoms with E-state index in [2.05, 4.69) is 156 Å². The van der Waals surface area contributed by atoms with Gasteiger partial charge in [-0.3, -0.25) is 0 Å². The maximum atomic E-state index is 2.47. The van der Waals surface area contributed by atoms with E-state index in [1.807, 2.05) is 11.3 Å². The standard InChI is InChI=1S/C40H25NS/c1-3-13-27(14-4-1)30-21-12-23-33-37-38-34(32-20-9-10-24-36(32)41(38)28-17-5-2-6-18-28)25-35(40(37)42-39(30)33)31-22-11-16-26-15-7-8-19-29(26)31/h1-25H. The molecule has 9 aromatic rings. The van der Waals surface area contributed by atoms with Gasteiger partial charge in [-0.05, 0) is 51.7 Å². The van der Waals surface area contributed by atoms with E-state index in [0.717, 1.165) is 0 Å². The predicted octanol–water partition coefficient (Wildman–Crippen LogP) is 11.6. The minimum atomic E-state index is 1.18. The Labute approximate surface area is 247 Å². The number of hydrogen-bond acceptors (Lipinski definition) is 1. The summed E-state index contributed by atoms with van der Waals surface area (Å²) in [6.45, 7) is 0. The first-order chi connectivity index (χ1) is 20.9. The third kappa shape index (κ3) is 3.36. The van der Waals surface area contributed by atoms with Crippen LogP contribution in [0, 0.1) is 0 Å². The van der Waals surface area contributed by atoms with E-state index in [1.54, 1.807) is 0 Å². The third-order valence-corrected chi connectivity index (χ3v) is 9.85. The molecule has 2 aromatic heterocycles. The molecule has 2 heteroatoms. The predicted molar refractivity (Wildman–Crippen MR) is 182 cm³/mol. The molecule has 0 aliphatic heterocycles. The average molecular weight is 552 g/mol. The molecule has 196 valence electrons. The van der Waals surface area contributed by atoms with Crippen LogP contribution in [0.25, 0.3) is 80.7 Å². The van der Waals surface area contributed by atoms with Crippen molar-refractivity contribution in [3.63, 3.8) is 0 Å². The van der Waals surface area contributed by atoms with Crippen molar-refractivity contribution < 1.29 is 0 Å². The zero-order valence-corrected chi connectivity index (χ0v) is 23.6. The highest BCUT2D eigenvalue weighted by molar-refractivity contribution is 7.27. The van der Waals surface area contributed by atoms with Gasteiger partial charge in [-0.15, -0.1) is 11.3 Å². The Morgan fingerprint density at radius 2 is 1.07 bits per heavy atom. The molecule has 2 heterocycles. The number of fused-ring (bicyclic) bond motifs is 8. The zero-order valence-electron chi connectivity index (χ0n) is 22.8. The van der Waals surface area contributed by atoms with Gasteiger partial charge < -0.3 is 4.57 Å². The second kappa shape index (κ2) is 9.17. The van der Waals surface area contributed by atoms with Crippen molar-refractivity contribution in [1.29, 1.82) is 0 Å². The largest absolute Gasteiger partial charge is 0.309 e. The highest BCUT2D eigenvalue weighted by Gasteiger charge is 2.23. The highest BCUT2D eigenvalue weighted by atomic mass is 32.1. The van der Waals surface area contributed by atoms with Gasteiger partial charge in [-0.2, -0.15) is 0 Å². The van der Waals surface area contributed by atoms with E-state index in [0.29, 0.717) is 0 Å². The Bertz CT molecular complexity index is 2440. The molecule has 0 radical (unpaired) electrons. The van der Waals surface area contributed by atoms with Crippen molar-refractivity contribution in [1.82, 2.24) is 4.57 Å². The molecular formula is C40H25NS. The summed E-state index contributed by atoms with van der Waals surface area (Å²) in [6, 6.07) is 55.2. The molecule has 0 saturated carbocycles. The molecule has 0 atom stereocenters. The molecule has 0 saturated heterocycles. The maximum absolute atomic E-state index is 2.47. The fourth-order valence-electron chi connectivity index (χ4n) is 6.76. The first kappa shape index (κ1) is 23.5. The molecule has 0 aliphatic carbocycles. The Morgan fingerprint density at radius 1 is 0.429 bits per heavy atom. The molecule has 0 unspecified atom stereocenters. The minimum absolute atomic E-state index is 1.18. The lowest BCUT2D eigenvalue weighted by Crippen LogP contribution is -1.94. The molecule has 7 aromatic carbocycles.